The van der Waals surface area contributed by atoms with Crippen molar-refractivity contribution in [1.82, 2.24) is 15.3 Å². The summed E-state index contributed by atoms with van der Waals surface area (Å²) >= 11 is 3.37. The summed E-state index contributed by atoms with van der Waals surface area (Å²) in [5.74, 6) is 6.89. The number of piperidine rings is 1. The van der Waals surface area contributed by atoms with Crippen LogP contribution in [0.5, 0.6) is 5.75 Å². The molecule has 0 radical (unpaired) electrons. The molecule has 1 aromatic heterocycles. The maximum absolute atomic E-state index is 5.59. The molecule has 1 aromatic rings. The number of amidine groups is 1. The van der Waals surface area contributed by atoms with E-state index in [-0.39, 0.29) is 0 Å². The van der Waals surface area contributed by atoms with Gasteiger partial charge in [0.2, 0.25) is 0 Å². The number of methoxy groups -OCH3 is 1. The van der Waals surface area contributed by atoms with Crippen LogP contribution in [-0.2, 0) is 0 Å². The Morgan fingerprint density at radius 2 is 2.20 bits per heavy atom. The van der Waals surface area contributed by atoms with Gasteiger partial charge in [-0.1, -0.05) is 0 Å². The zero-order valence-electron chi connectivity index (χ0n) is 11.8. The number of likely N-dealkylation sites (tertiary alicyclic amines) is 1. The van der Waals surface area contributed by atoms with Crippen LogP contribution in [0.1, 0.15) is 18.5 Å². The van der Waals surface area contributed by atoms with Gasteiger partial charge >= 0.3 is 0 Å². The summed E-state index contributed by atoms with van der Waals surface area (Å²) in [6.45, 7) is 2.12. The van der Waals surface area contributed by atoms with E-state index in [1.807, 2.05) is 12.1 Å². The molecule has 6 nitrogen and oxygen atoms in total. The molecule has 7 heteroatoms. The van der Waals surface area contributed by atoms with Gasteiger partial charge in [0, 0.05) is 0 Å². The lowest BCUT2D eigenvalue weighted by molar-refractivity contribution is 0.257. The van der Waals surface area contributed by atoms with E-state index in [1.54, 1.807) is 7.11 Å². The molecule has 1 aliphatic rings. The second kappa shape index (κ2) is 7.01. The summed E-state index contributed by atoms with van der Waals surface area (Å²) in [7, 11) is 3.74. The van der Waals surface area contributed by atoms with Crippen LogP contribution in [0.2, 0.25) is 0 Å². The highest BCUT2D eigenvalue weighted by Gasteiger charge is 2.17. The summed E-state index contributed by atoms with van der Waals surface area (Å²) in [6.07, 6.45) is 2.08. The molecule has 3 N–H and O–H groups in total. The molecule has 0 atom stereocenters. The summed E-state index contributed by atoms with van der Waals surface area (Å²) in [5.41, 5.74) is 3.36. The van der Waals surface area contributed by atoms with Crippen LogP contribution in [-0.4, -0.2) is 49.0 Å². The number of hydrogen-bond acceptors (Lipinski definition) is 5. The molecule has 0 saturated carbocycles. The predicted octanol–water partition coefficient (Wildman–Crippen LogP) is 1.16. The van der Waals surface area contributed by atoms with Crippen molar-refractivity contribution in [1.29, 1.82) is 0 Å². The zero-order valence-corrected chi connectivity index (χ0v) is 13.4. The first-order chi connectivity index (χ1) is 9.63. The van der Waals surface area contributed by atoms with Gasteiger partial charge < -0.3 is 15.1 Å². The lowest BCUT2D eigenvalue weighted by Crippen LogP contribution is -2.36. The van der Waals surface area contributed by atoms with Crippen molar-refractivity contribution in [2.24, 2.45) is 10.8 Å². The van der Waals surface area contributed by atoms with E-state index >= 15 is 0 Å². The fourth-order valence-corrected chi connectivity index (χ4v) is 2.67. The van der Waals surface area contributed by atoms with E-state index in [0.29, 0.717) is 27.9 Å². The summed E-state index contributed by atoms with van der Waals surface area (Å²) < 4.78 is 5.81. The average molecular weight is 342 g/mol. The number of pyridine rings is 1. The number of ether oxygens (including phenoxy) is 1. The van der Waals surface area contributed by atoms with Crippen molar-refractivity contribution in [3.63, 3.8) is 0 Å². The average Bonchev–Trinajstić information content (AvgIpc) is 2.46. The number of aromatic nitrogens is 1. The molecule has 110 valence electrons. The van der Waals surface area contributed by atoms with Crippen molar-refractivity contribution < 1.29 is 4.74 Å². The topological polar surface area (TPSA) is 75.8 Å². The van der Waals surface area contributed by atoms with Crippen molar-refractivity contribution in [3.05, 3.63) is 22.4 Å². The number of hydrogen-bond donors (Lipinski definition) is 2. The minimum Gasteiger partial charge on any atom is -0.494 e. The van der Waals surface area contributed by atoms with Gasteiger partial charge in [-0.05, 0) is 61.0 Å². The molecule has 2 heterocycles. The second-order valence-corrected chi connectivity index (χ2v) is 5.60. The Balaban J connectivity index is 2.17. The number of nitrogens with zero attached hydrogens (tertiary/aromatic N) is 3. The third-order valence-electron chi connectivity index (χ3n) is 3.41. The van der Waals surface area contributed by atoms with E-state index in [9.17, 15) is 0 Å². The van der Waals surface area contributed by atoms with Gasteiger partial charge in [-0.15, -0.1) is 0 Å². The van der Waals surface area contributed by atoms with Crippen molar-refractivity contribution in [3.8, 4) is 5.75 Å². The minimum atomic E-state index is 0.292. The number of hydrazine groups is 1. The summed E-state index contributed by atoms with van der Waals surface area (Å²) in [6, 6.07) is 3.98. The summed E-state index contributed by atoms with van der Waals surface area (Å²) in [4.78, 5) is 11.4. The van der Waals surface area contributed by atoms with Gasteiger partial charge in [0.15, 0.2) is 11.6 Å². The smallest absolute Gasteiger partial charge is 0.161 e. The van der Waals surface area contributed by atoms with Gasteiger partial charge in [-0.25, -0.2) is 10.8 Å². The molecule has 1 fully saturated rings. The molecule has 0 unspecified atom stereocenters. The predicted molar refractivity (Wildman–Crippen MR) is 82.9 cm³/mol. The van der Waals surface area contributed by atoms with Gasteiger partial charge in [-0.3, -0.25) is 4.99 Å². The normalized spacial score (nSPS) is 18.1. The maximum Gasteiger partial charge on any atom is 0.161 e. The molecule has 1 aliphatic heterocycles. The van der Waals surface area contributed by atoms with E-state index < -0.39 is 0 Å². The van der Waals surface area contributed by atoms with Crippen molar-refractivity contribution in [2.75, 3.05) is 27.2 Å². The van der Waals surface area contributed by atoms with Crippen LogP contribution in [0.15, 0.2) is 21.7 Å². The zero-order chi connectivity index (χ0) is 14.5. The van der Waals surface area contributed by atoms with Gasteiger partial charge in [-0.2, -0.15) is 0 Å². The standard InChI is InChI=1S/C13H20BrN5O/c1-19-7-5-9(6-8-19)16-13(18-15)10-3-4-11(20-2)12(14)17-10/h3-4,9H,5-8,15H2,1-2H3,(H,16,18). The molecule has 1 saturated heterocycles. The molecular weight excluding hydrogens is 322 g/mol. The number of rotatable bonds is 3. The lowest BCUT2D eigenvalue weighted by Gasteiger charge is -2.27. The van der Waals surface area contributed by atoms with Crippen LogP contribution in [0.25, 0.3) is 0 Å². The first-order valence-electron chi connectivity index (χ1n) is 6.58. The molecule has 0 aliphatic carbocycles. The maximum atomic E-state index is 5.59. The molecule has 0 bridgehead atoms. The highest BCUT2D eigenvalue weighted by atomic mass is 79.9. The third kappa shape index (κ3) is 3.68. The Labute approximate surface area is 127 Å². The number of halogens is 1. The van der Waals surface area contributed by atoms with Crippen molar-refractivity contribution >= 4 is 21.8 Å². The molecular formula is C13H20BrN5O. The molecule has 0 aromatic carbocycles. The van der Waals surface area contributed by atoms with Crippen LogP contribution < -0.4 is 16.0 Å². The molecule has 0 amide bonds. The fraction of sp³-hybridized carbons (Fsp3) is 0.538. The first-order valence-corrected chi connectivity index (χ1v) is 7.37. The van der Waals surface area contributed by atoms with Crippen LogP contribution in [0.4, 0.5) is 0 Å². The fourth-order valence-electron chi connectivity index (χ4n) is 2.19. The van der Waals surface area contributed by atoms with Crippen LogP contribution in [0, 0.1) is 0 Å². The Morgan fingerprint density at radius 3 is 2.75 bits per heavy atom. The summed E-state index contributed by atoms with van der Waals surface area (Å²) in [5, 5.41) is 0. The van der Waals surface area contributed by atoms with E-state index in [0.717, 1.165) is 25.9 Å². The van der Waals surface area contributed by atoms with Crippen molar-refractivity contribution in [2.45, 2.75) is 18.9 Å². The van der Waals surface area contributed by atoms with E-state index in [4.69, 9.17) is 10.6 Å². The minimum absolute atomic E-state index is 0.292. The number of nitrogens with one attached hydrogen (secondary N) is 1. The molecule has 20 heavy (non-hydrogen) atoms. The highest BCUT2D eigenvalue weighted by Crippen LogP contribution is 2.22. The SMILES string of the molecule is COc1ccc(C(=NC2CCN(C)CC2)NN)nc1Br. The Morgan fingerprint density at radius 1 is 1.50 bits per heavy atom. The second-order valence-electron chi connectivity index (χ2n) is 4.85. The Bertz CT molecular complexity index is 486. The van der Waals surface area contributed by atoms with E-state index in [2.05, 4.69) is 43.3 Å². The molecule has 0 spiro atoms. The van der Waals surface area contributed by atoms with Crippen LogP contribution in [0.3, 0.4) is 0 Å². The van der Waals surface area contributed by atoms with Crippen LogP contribution >= 0.6 is 15.9 Å². The lowest BCUT2D eigenvalue weighted by atomic mass is 10.1. The van der Waals surface area contributed by atoms with Gasteiger partial charge in [0.1, 0.15) is 10.3 Å². The Kier molecular flexibility index (Phi) is 5.33. The van der Waals surface area contributed by atoms with Gasteiger partial charge in [0.05, 0.1) is 13.2 Å². The number of nitrogens with two attached hydrogens (primary N) is 1. The Hall–Kier alpha value is -1.18. The largest absolute Gasteiger partial charge is 0.494 e. The highest BCUT2D eigenvalue weighted by molar-refractivity contribution is 9.10. The molecule has 2 rings (SSSR count). The monoisotopic (exact) mass is 341 g/mol. The first kappa shape index (κ1) is 15.2. The number of aliphatic imine (C=N–C) groups is 1. The third-order valence-corrected chi connectivity index (χ3v) is 3.98. The van der Waals surface area contributed by atoms with Gasteiger partial charge in [0.25, 0.3) is 0 Å². The quantitative estimate of drug-likeness (QED) is 0.283. The van der Waals surface area contributed by atoms with E-state index in [1.165, 1.54) is 0 Å².